The van der Waals surface area contributed by atoms with Gasteiger partial charge in [-0.1, -0.05) is 0 Å². The van der Waals surface area contributed by atoms with Crippen LogP contribution in [0, 0.1) is 5.92 Å². The first-order valence-electron chi connectivity index (χ1n) is 5.97. The molecular formula is C11H21N3O. The third-order valence-electron chi connectivity index (χ3n) is 3.27. The lowest BCUT2D eigenvalue weighted by Crippen LogP contribution is -2.52. The minimum atomic E-state index is 0.190. The maximum Gasteiger partial charge on any atom is 0.234 e. The van der Waals surface area contributed by atoms with Crippen molar-refractivity contribution in [3.8, 4) is 0 Å². The molecule has 86 valence electrons. The van der Waals surface area contributed by atoms with Gasteiger partial charge in [0.15, 0.2) is 0 Å². The fourth-order valence-corrected chi connectivity index (χ4v) is 1.94. The van der Waals surface area contributed by atoms with Crippen LogP contribution in [0.4, 0.5) is 0 Å². The van der Waals surface area contributed by atoms with E-state index >= 15 is 0 Å². The van der Waals surface area contributed by atoms with Gasteiger partial charge in [-0.25, -0.2) is 0 Å². The standard InChI is InChI=1S/C11H21N3O/c1-9-6-12-4-5-14(9)8-11(15)13-7-10-2-3-10/h9-10,12H,2-8H2,1H3,(H,13,15)/t9-/m1/s1. The molecule has 1 aliphatic carbocycles. The van der Waals surface area contributed by atoms with E-state index in [-0.39, 0.29) is 5.91 Å². The molecule has 2 fully saturated rings. The molecule has 0 spiro atoms. The number of hydrogen-bond acceptors (Lipinski definition) is 3. The zero-order valence-electron chi connectivity index (χ0n) is 9.46. The van der Waals surface area contributed by atoms with Gasteiger partial charge in [0.25, 0.3) is 0 Å². The van der Waals surface area contributed by atoms with Gasteiger partial charge in [0, 0.05) is 32.2 Å². The topological polar surface area (TPSA) is 44.4 Å². The molecule has 0 aromatic rings. The second-order valence-electron chi connectivity index (χ2n) is 4.77. The average molecular weight is 211 g/mol. The van der Waals surface area contributed by atoms with E-state index in [9.17, 15) is 4.79 Å². The summed E-state index contributed by atoms with van der Waals surface area (Å²) in [4.78, 5) is 13.9. The van der Waals surface area contributed by atoms with E-state index in [1.54, 1.807) is 0 Å². The Kier molecular flexibility index (Phi) is 3.59. The fraction of sp³-hybridized carbons (Fsp3) is 0.909. The molecule has 2 aliphatic rings. The highest BCUT2D eigenvalue weighted by molar-refractivity contribution is 5.78. The molecule has 1 amide bonds. The lowest BCUT2D eigenvalue weighted by Gasteiger charge is -2.33. The van der Waals surface area contributed by atoms with E-state index < -0.39 is 0 Å². The Morgan fingerprint density at radius 1 is 1.53 bits per heavy atom. The summed E-state index contributed by atoms with van der Waals surface area (Å²) < 4.78 is 0. The maximum absolute atomic E-state index is 11.6. The number of hydrogen-bond donors (Lipinski definition) is 2. The van der Waals surface area contributed by atoms with Crippen LogP contribution in [0.15, 0.2) is 0 Å². The number of piperazine rings is 1. The van der Waals surface area contributed by atoms with Crippen molar-refractivity contribution < 1.29 is 4.79 Å². The number of nitrogens with zero attached hydrogens (tertiary/aromatic N) is 1. The molecule has 4 heteroatoms. The molecule has 0 aromatic heterocycles. The molecule has 15 heavy (non-hydrogen) atoms. The van der Waals surface area contributed by atoms with E-state index in [1.807, 2.05) is 0 Å². The molecule has 2 N–H and O–H groups in total. The van der Waals surface area contributed by atoms with Crippen LogP contribution in [0.3, 0.4) is 0 Å². The van der Waals surface area contributed by atoms with Crippen LogP contribution in [-0.4, -0.2) is 49.6 Å². The third-order valence-corrected chi connectivity index (χ3v) is 3.27. The summed E-state index contributed by atoms with van der Waals surface area (Å²) in [5, 5.41) is 6.34. The summed E-state index contributed by atoms with van der Waals surface area (Å²) >= 11 is 0. The smallest absolute Gasteiger partial charge is 0.234 e. The number of nitrogens with one attached hydrogen (secondary N) is 2. The molecule has 1 atom stereocenters. The highest BCUT2D eigenvalue weighted by Gasteiger charge is 2.23. The molecule has 4 nitrogen and oxygen atoms in total. The Bertz CT molecular complexity index is 228. The normalized spacial score (nSPS) is 27.7. The summed E-state index contributed by atoms with van der Waals surface area (Å²) in [5.74, 6) is 0.963. The molecule has 1 aliphatic heterocycles. The van der Waals surface area contributed by atoms with Gasteiger partial charge in [-0.2, -0.15) is 0 Å². The van der Waals surface area contributed by atoms with E-state index in [1.165, 1.54) is 12.8 Å². The minimum Gasteiger partial charge on any atom is -0.355 e. The van der Waals surface area contributed by atoms with Crippen molar-refractivity contribution in [2.24, 2.45) is 5.92 Å². The lowest BCUT2D eigenvalue weighted by atomic mass is 10.2. The van der Waals surface area contributed by atoms with Crippen molar-refractivity contribution in [1.29, 1.82) is 0 Å². The fourth-order valence-electron chi connectivity index (χ4n) is 1.94. The van der Waals surface area contributed by atoms with Crippen LogP contribution in [0.5, 0.6) is 0 Å². The quantitative estimate of drug-likeness (QED) is 0.677. The van der Waals surface area contributed by atoms with Crippen molar-refractivity contribution in [2.45, 2.75) is 25.8 Å². The van der Waals surface area contributed by atoms with Crippen molar-refractivity contribution in [3.05, 3.63) is 0 Å². The maximum atomic E-state index is 11.6. The van der Waals surface area contributed by atoms with Gasteiger partial charge < -0.3 is 10.6 Å². The molecule has 1 saturated heterocycles. The van der Waals surface area contributed by atoms with Crippen LogP contribution in [-0.2, 0) is 4.79 Å². The van der Waals surface area contributed by atoms with Gasteiger partial charge in [0.05, 0.1) is 6.54 Å². The Balaban J connectivity index is 1.66. The van der Waals surface area contributed by atoms with Gasteiger partial charge in [-0.15, -0.1) is 0 Å². The predicted octanol–water partition coefficient (Wildman–Crippen LogP) is -0.194. The summed E-state index contributed by atoms with van der Waals surface area (Å²) in [7, 11) is 0. The van der Waals surface area contributed by atoms with Gasteiger partial charge in [-0.3, -0.25) is 9.69 Å². The molecule has 1 heterocycles. The van der Waals surface area contributed by atoms with Crippen LogP contribution in [0.25, 0.3) is 0 Å². The zero-order chi connectivity index (χ0) is 10.7. The van der Waals surface area contributed by atoms with Crippen molar-refractivity contribution in [3.63, 3.8) is 0 Å². The Labute approximate surface area is 91.4 Å². The van der Waals surface area contributed by atoms with Crippen LogP contribution >= 0.6 is 0 Å². The Hall–Kier alpha value is -0.610. The monoisotopic (exact) mass is 211 g/mol. The second kappa shape index (κ2) is 4.94. The summed E-state index contributed by atoms with van der Waals surface area (Å²) in [6.45, 7) is 6.60. The van der Waals surface area contributed by atoms with E-state index in [4.69, 9.17) is 0 Å². The Morgan fingerprint density at radius 2 is 2.33 bits per heavy atom. The molecular weight excluding hydrogens is 190 g/mol. The van der Waals surface area contributed by atoms with Crippen LogP contribution in [0.1, 0.15) is 19.8 Å². The van der Waals surface area contributed by atoms with Gasteiger partial charge >= 0.3 is 0 Å². The second-order valence-corrected chi connectivity index (χ2v) is 4.77. The summed E-state index contributed by atoms with van der Waals surface area (Å²) in [6.07, 6.45) is 2.59. The van der Waals surface area contributed by atoms with Crippen molar-refractivity contribution >= 4 is 5.91 Å². The highest BCUT2D eigenvalue weighted by Crippen LogP contribution is 2.27. The van der Waals surface area contributed by atoms with Crippen LogP contribution < -0.4 is 10.6 Å². The highest BCUT2D eigenvalue weighted by atomic mass is 16.2. The largest absolute Gasteiger partial charge is 0.355 e. The summed E-state index contributed by atoms with van der Waals surface area (Å²) in [6, 6.07) is 0.477. The van der Waals surface area contributed by atoms with E-state index in [0.29, 0.717) is 12.6 Å². The van der Waals surface area contributed by atoms with Crippen molar-refractivity contribution in [2.75, 3.05) is 32.7 Å². The Morgan fingerprint density at radius 3 is 3.00 bits per heavy atom. The number of amides is 1. The SMILES string of the molecule is C[C@@H]1CNCCN1CC(=O)NCC1CC1. The van der Waals surface area contributed by atoms with E-state index in [2.05, 4.69) is 22.5 Å². The first-order chi connectivity index (χ1) is 7.25. The number of carbonyl (C=O) groups is 1. The molecule has 0 unspecified atom stereocenters. The first-order valence-corrected chi connectivity index (χ1v) is 5.97. The zero-order valence-corrected chi connectivity index (χ0v) is 9.46. The predicted molar refractivity (Wildman–Crippen MR) is 59.6 cm³/mol. The van der Waals surface area contributed by atoms with Gasteiger partial charge in [0.2, 0.25) is 5.91 Å². The molecule has 2 rings (SSSR count). The van der Waals surface area contributed by atoms with Gasteiger partial charge in [-0.05, 0) is 25.7 Å². The molecule has 0 bridgehead atoms. The molecule has 1 saturated carbocycles. The first kappa shape index (κ1) is 10.9. The average Bonchev–Trinajstić information content (AvgIpc) is 3.02. The molecule has 0 radical (unpaired) electrons. The number of carbonyl (C=O) groups excluding carboxylic acids is 1. The van der Waals surface area contributed by atoms with E-state index in [0.717, 1.165) is 32.1 Å². The minimum absolute atomic E-state index is 0.190. The number of rotatable bonds is 4. The third kappa shape index (κ3) is 3.47. The molecule has 0 aromatic carbocycles. The van der Waals surface area contributed by atoms with Crippen molar-refractivity contribution in [1.82, 2.24) is 15.5 Å². The lowest BCUT2D eigenvalue weighted by molar-refractivity contribution is -0.123. The van der Waals surface area contributed by atoms with Gasteiger partial charge in [0.1, 0.15) is 0 Å². The summed E-state index contributed by atoms with van der Waals surface area (Å²) in [5.41, 5.74) is 0. The van der Waals surface area contributed by atoms with Crippen LogP contribution in [0.2, 0.25) is 0 Å².